The molecule has 1 aliphatic heterocycles. The maximum absolute atomic E-state index is 12.0. The Kier molecular flexibility index (Phi) is 4.23. The number of hydrogen-bond donors (Lipinski definition) is 1. The number of likely N-dealkylation sites (N-methyl/N-ethyl adjacent to an activating group) is 1. The van der Waals surface area contributed by atoms with Gasteiger partial charge in [0.05, 0.1) is 14.4 Å². The molecule has 0 spiro atoms. The van der Waals surface area contributed by atoms with E-state index in [1.165, 1.54) is 16.7 Å². The molecule has 2 rings (SSSR count). The van der Waals surface area contributed by atoms with Gasteiger partial charge >= 0.3 is 0 Å². The van der Waals surface area contributed by atoms with E-state index in [2.05, 4.69) is 20.9 Å². The number of phenols is 1. The fourth-order valence-electron chi connectivity index (χ4n) is 1.57. The topological polar surface area (TPSA) is 52.9 Å². The van der Waals surface area contributed by atoms with Crippen molar-refractivity contribution in [3.05, 3.63) is 32.1 Å². The molecule has 0 aliphatic carbocycles. The van der Waals surface area contributed by atoms with Crippen molar-refractivity contribution in [1.29, 1.82) is 0 Å². The molecule has 4 nitrogen and oxygen atoms in total. The second-order valence-corrected chi connectivity index (χ2v) is 6.08. The molecule has 0 aromatic heterocycles. The maximum Gasteiger partial charge on any atom is 0.266 e. The Hall–Kier alpha value is -0.980. The zero-order valence-electron chi connectivity index (χ0n) is 10.1. The van der Waals surface area contributed by atoms with E-state index < -0.39 is 0 Å². The van der Waals surface area contributed by atoms with Crippen LogP contribution >= 0.6 is 39.3 Å². The molecule has 1 amide bonds. The number of rotatable bonds is 1. The highest BCUT2D eigenvalue weighted by Gasteiger charge is 2.29. The molecule has 1 N–H and O–H groups in total. The Bertz CT molecular complexity index is 593. The molecule has 1 aromatic carbocycles. The first-order valence-electron chi connectivity index (χ1n) is 5.26. The second-order valence-electron chi connectivity index (χ2n) is 3.81. The van der Waals surface area contributed by atoms with Crippen LogP contribution in [0.15, 0.2) is 26.5 Å². The Labute approximate surface area is 128 Å². The number of hydrogen-bond acceptors (Lipinski definition) is 4. The van der Waals surface area contributed by atoms with Crippen LogP contribution in [0.2, 0.25) is 5.02 Å². The Morgan fingerprint density at radius 3 is 2.74 bits per heavy atom. The van der Waals surface area contributed by atoms with Crippen LogP contribution < -0.4 is 0 Å². The van der Waals surface area contributed by atoms with Crippen LogP contribution in [0.25, 0.3) is 6.08 Å². The van der Waals surface area contributed by atoms with Crippen molar-refractivity contribution in [2.75, 3.05) is 14.1 Å². The number of amidine groups is 1. The quantitative estimate of drug-likeness (QED) is 0.781. The summed E-state index contributed by atoms with van der Waals surface area (Å²) in [6.07, 6.45) is 1.72. The molecule has 100 valence electrons. The first-order chi connectivity index (χ1) is 8.93. The zero-order chi connectivity index (χ0) is 14.2. The molecule has 7 heteroatoms. The first kappa shape index (κ1) is 14.4. The number of thioether (sulfide) groups is 1. The SMILES string of the molecule is CN=C1S/C(=C\c2cc(Cl)c(O)c(Br)c2)C(=O)N1C. The number of amides is 1. The molecule has 1 fully saturated rings. The lowest BCUT2D eigenvalue weighted by Crippen LogP contribution is -2.23. The Balaban J connectivity index is 2.40. The van der Waals surface area contributed by atoms with E-state index >= 15 is 0 Å². The van der Waals surface area contributed by atoms with Crippen LogP contribution in [0.5, 0.6) is 5.75 Å². The van der Waals surface area contributed by atoms with E-state index in [0.29, 0.717) is 14.5 Å². The maximum atomic E-state index is 12.0. The number of benzene rings is 1. The largest absolute Gasteiger partial charge is 0.505 e. The van der Waals surface area contributed by atoms with Crippen molar-refractivity contribution < 1.29 is 9.90 Å². The summed E-state index contributed by atoms with van der Waals surface area (Å²) >= 11 is 10.4. The van der Waals surface area contributed by atoms with Crippen molar-refractivity contribution >= 4 is 56.4 Å². The number of aromatic hydroxyl groups is 1. The molecular weight excluding hydrogens is 352 g/mol. The predicted molar refractivity (Wildman–Crippen MR) is 82.5 cm³/mol. The van der Waals surface area contributed by atoms with E-state index in [4.69, 9.17) is 11.6 Å². The van der Waals surface area contributed by atoms with Gasteiger partial charge < -0.3 is 5.11 Å². The Morgan fingerprint density at radius 2 is 2.21 bits per heavy atom. The summed E-state index contributed by atoms with van der Waals surface area (Å²) in [6.45, 7) is 0. The summed E-state index contributed by atoms with van der Waals surface area (Å²) in [4.78, 5) is 18.1. The molecule has 0 unspecified atom stereocenters. The van der Waals surface area contributed by atoms with Crippen LogP contribution in [-0.2, 0) is 4.79 Å². The van der Waals surface area contributed by atoms with E-state index in [-0.39, 0.29) is 16.7 Å². The first-order valence-corrected chi connectivity index (χ1v) is 7.25. The van der Waals surface area contributed by atoms with Gasteiger partial charge in [0.25, 0.3) is 5.91 Å². The van der Waals surface area contributed by atoms with Crippen molar-refractivity contribution in [2.45, 2.75) is 0 Å². The molecule has 1 aliphatic rings. The molecule has 0 atom stereocenters. The third-order valence-electron chi connectivity index (χ3n) is 2.53. The van der Waals surface area contributed by atoms with Gasteiger partial charge in [-0.3, -0.25) is 14.7 Å². The van der Waals surface area contributed by atoms with Gasteiger partial charge in [-0.2, -0.15) is 0 Å². The lowest BCUT2D eigenvalue weighted by Gasteiger charge is -2.05. The highest BCUT2D eigenvalue weighted by molar-refractivity contribution is 9.10. The van der Waals surface area contributed by atoms with Gasteiger partial charge in [0.15, 0.2) is 5.17 Å². The normalized spacial score (nSPS) is 19.8. The smallest absolute Gasteiger partial charge is 0.266 e. The predicted octanol–water partition coefficient (Wildman–Crippen LogP) is 3.34. The van der Waals surface area contributed by atoms with Crippen LogP contribution in [0.1, 0.15) is 5.56 Å². The zero-order valence-corrected chi connectivity index (χ0v) is 13.3. The molecule has 0 radical (unpaired) electrons. The fourth-order valence-corrected chi connectivity index (χ4v) is 3.32. The van der Waals surface area contributed by atoms with Gasteiger partial charge in [0.2, 0.25) is 0 Å². The number of aliphatic imine (C=N–C) groups is 1. The van der Waals surface area contributed by atoms with Crippen LogP contribution in [0.3, 0.4) is 0 Å². The fraction of sp³-hybridized carbons (Fsp3) is 0.167. The summed E-state index contributed by atoms with van der Waals surface area (Å²) in [5, 5.41) is 10.5. The van der Waals surface area contributed by atoms with Gasteiger partial charge in [-0.25, -0.2) is 0 Å². The lowest BCUT2D eigenvalue weighted by molar-refractivity contribution is -0.121. The Morgan fingerprint density at radius 1 is 1.53 bits per heavy atom. The number of nitrogens with zero attached hydrogens (tertiary/aromatic N) is 2. The van der Waals surface area contributed by atoms with E-state index in [1.54, 1.807) is 32.3 Å². The van der Waals surface area contributed by atoms with Crippen molar-refractivity contribution in [3.8, 4) is 5.75 Å². The number of phenolic OH excluding ortho intramolecular Hbond substituents is 1. The van der Waals surface area contributed by atoms with Crippen LogP contribution in [-0.4, -0.2) is 35.2 Å². The van der Waals surface area contributed by atoms with E-state index in [0.717, 1.165) is 5.56 Å². The molecule has 0 saturated carbocycles. The highest BCUT2D eigenvalue weighted by atomic mass is 79.9. The van der Waals surface area contributed by atoms with Crippen LogP contribution in [0, 0.1) is 0 Å². The van der Waals surface area contributed by atoms with Crippen molar-refractivity contribution in [2.24, 2.45) is 4.99 Å². The van der Waals surface area contributed by atoms with Crippen molar-refractivity contribution in [1.82, 2.24) is 4.90 Å². The van der Waals surface area contributed by atoms with Gasteiger partial charge in [0.1, 0.15) is 5.75 Å². The lowest BCUT2D eigenvalue weighted by atomic mass is 10.2. The highest BCUT2D eigenvalue weighted by Crippen LogP contribution is 2.36. The van der Waals surface area contributed by atoms with Gasteiger partial charge in [0, 0.05) is 14.1 Å². The van der Waals surface area contributed by atoms with Crippen LogP contribution in [0.4, 0.5) is 0 Å². The number of carbonyl (C=O) groups excluding carboxylic acids is 1. The van der Waals surface area contributed by atoms with Gasteiger partial charge in [-0.15, -0.1) is 0 Å². The minimum absolute atomic E-state index is 0.0119. The van der Waals surface area contributed by atoms with E-state index in [9.17, 15) is 9.90 Å². The standard InChI is InChI=1S/C12H10BrClN2O2S/c1-15-12-16(2)11(18)9(19-12)5-6-3-7(13)10(17)8(14)4-6/h3-5,17H,1-2H3/b9-5-,15-12?. The number of halogens is 2. The minimum Gasteiger partial charge on any atom is -0.505 e. The third-order valence-corrected chi connectivity index (χ3v) is 4.58. The molecule has 1 heterocycles. The van der Waals surface area contributed by atoms with Crippen molar-refractivity contribution in [3.63, 3.8) is 0 Å². The third kappa shape index (κ3) is 2.80. The average molecular weight is 362 g/mol. The average Bonchev–Trinajstić information content (AvgIpc) is 2.63. The molecule has 1 aromatic rings. The van der Waals surface area contributed by atoms with Gasteiger partial charge in [-0.1, -0.05) is 11.6 Å². The molecule has 0 bridgehead atoms. The molecule has 19 heavy (non-hydrogen) atoms. The summed E-state index contributed by atoms with van der Waals surface area (Å²) in [6, 6.07) is 3.30. The minimum atomic E-state index is -0.106. The summed E-state index contributed by atoms with van der Waals surface area (Å²) < 4.78 is 0.486. The molecular formula is C12H10BrClN2O2S. The van der Waals surface area contributed by atoms with Gasteiger partial charge in [-0.05, 0) is 51.5 Å². The summed E-state index contributed by atoms with van der Waals surface area (Å²) in [5.41, 5.74) is 0.733. The summed E-state index contributed by atoms with van der Waals surface area (Å²) in [5.74, 6) is -0.118. The van der Waals surface area contributed by atoms with E-state index in [1.807, 2.05) is 0 Å². The molecule has 1 saturated heterocycles. The second kappa shape index (κ2) is 5.56. The monoisotopic (exact) mass is 360 g/mol. The number of carbonyl (C=O) groups is 1. The summed E-state index contributed by atoms with van der Waals surface area (Å²) in [7, 11) is 3.32.